The summed E-state index contributed by atoms with van der Waals surface area (Å²) in [5, 5.41) is 1.01. The van der Waals surface area contributed by atoms with Gasteiger partial charge in [0.2, 0.25) is 5.28 Å². The predicted octanol–water partition coefficient (Wildman–Crippen LogP) is 4.53. The van der Waals surface area contributed by atoms with Crippen LogP contribution in [0.5, 0.6) is 0 Å². The zero-order valence-corrected chi connectivity index (χ0v) is 11.3. The van der Waals surface area contributed by atoms with Gasteiger partial charge < -0.3 is 4.57 Å². The average molecular weight is 295 g/mol. The van der Waals surface area contributed by atoms with E-state index in [4.69, 9.17) is 23.2 Å². The number of hydrogen-bond acceptors (Lipinski definition) is 1. The summed E-state index contributed by atoms with van der Waals surface area (Å²) in [4.78, 5) is 4.26. The molecule has 2 nitrogen and oxygen atoms in total. The number of aromatic nitrogens is 2. The van der Waals surface area contributed by atoms with E-state index in [-0.39, 0.29) is 5.82 Å². The molecule has 96 valence electrons. The third kappa shape index (κ3) is 2.44. The van der Waals surface area contributed by atoms with Crippen LogP contribution in [0, 0.1) is 5.82 Å². The fraction of sp³-hybridized carbons (Fsp3) is 0.0714. The van der Waals surface area contributed by atoms with Gasteiger partial charge in [-0.2, -0.15) is 0 Å². The molecule has 3 rings (SSSR count). The number of nitrogens with zero attached hydrogens (tertiary/aromatic N) is 2. The molecule has 2 aromatic carbocycles. The molecular weight excluding hydrogens is 286 g/mol. The molecule has 0 fully saturated rings. The molecule has 19 heavy (non-hydrogen) atoms. The molecule has 0 aliphatic carbocycles. The normalized spacial score (nSPS) is 11.1. The molecule has 0 saturated carbocycles. The second-order valence-corrected chi connectivity index (χ2v) is 5.00. The van der Waals surface area contributed by atoms with Crippen LogP contribution in [0.25, 0.3) is 11.0 Å². The Morgan fingerprint density at radius 3 is 2.53 bits per heavy atom. The SMILES string of the molecule is Fc1ccc(Cn2c(Cl)nc3cc(Cl)ccc32)cc1. The van der Waals surface area contributed by atoms with E-state index in [1.165, 1.54) is 12.1 Å². The zero-order chi connectivity index (χ0) is 13.4. The molecule has 1 heterocycles. The molecule has 0 bridgehead atoms. The lowest BCUT2D eigenvalue weighted by molar-refractivity contribution is 0.626. The van der Waals surface area contributed by atoms with Crippen molar-refractivity contribution in [3.8, 4) is 0 Å². The van der Waals surface area contributed by atoms with Crippen LogP contribution in [0.1, 0.15) is 5.56 Å². The number of benzene rings is 2. The van der Waals surface area contributed by atoms with Crippen LogP contribution >= 0.6 is 23.2 Å². The monoisotopic (exact) mass is 294 g/mol. The number of halogens is 3. The summed E-state index contributed by atoms with van der Waals surface area (Å²) in [6, 6.07) is 11.8. The van der Waals surface area contributed by atoms with E-state index in [0.29, 0.717) is 16.9 Å². The Balaban J connectivity index is 2.05. The van der Waals surface area contributed by atoms with Crippen LogP contribution in [0.3, 0.4) is 0 Å². The predicted molar refractivity (Wildman–Crippen MR) is 75.3 cm³/mol. The Labute approximate surface area is 119 Å². The van der Waals surface area contributed by atoms with Gasteiger partial charge in [0.25, 0.3) is 0 Å². The molecule has 0 unspecified atom stereocenters. The van der Waals surface area contributed by atoms with Gasteiger partial charge in [0.15, 0.2) is 0 Å². The minimum Gasteiger partial charge on any atom is -0.310 e. The van der Waals surface area contributed by atoms with Crippen LogP contribution < -0.4 is 0 Å². The summed E-state index contributed by atoms with van der Waals surface area (Å²) in [6.45, 7) is 0.539. The van der Waals surface area contributed by atoms with E-state index in [9.17, 15) is 4.39 Å². The van der Waals surface area contributed by atoms with Crippen molar-refractivity contribution in [1.29, 1.82) is 0 Å². The first kappa shape index (κ1) is 12.5. The highest BCUT2D eigenvalue weighted by molar-refractivity contribution is 6.31. The van der Waals surface area contributed by atoms with Crippen molar-refractivity contribution in [1.82, 2.24) is 9.55 Å². The second kappa shape index (κ2) is 4.83. The number of fused-ring (bicyclic) bond motifs is 1. The molecule has 3 aromatic rings. The maximum absolute atomic E-state index is 12.9. The number of hydrogen-bond donors (Lipinski definition) is 0. The van der Waals surface area contributed by atoms with E-state index in [1.54, 1.807) is 24.3 Å². The molecule has 0 radical (unpaired) electrons. The van der Waals surface area contributed by atoms with Crippen molar-refractivity contribution < 1.29 is 4.39 Å². The van der Waals surface area contributed by atoms with Gasteiger partial charge in [-0.1, -0.05) is 23.7 Å². The Morgan fingerprint density at radius 2 is 1.79 bits per heavy atom. The van der Waals surface area contributed by atoms with Crippen LogP contribution in [0.15, 0.2) is 42.5 Å². The average Bonchev–Trinajstić information content (AvgIpc) is 2.68. The lowest BCUT2D eigenvalue weighted by atomic mass is 10.2. The van der Waals surface area contributed by atoms with Gasteiger partial charge in [-0.05, 0) is 47.5 Å². The molecule has 0 aliphatic heterocycles. The van der Waals surface area contributed by atoms with E-state index in [0.717, 1.165) is 16.6 Å². The molecule has 0 saturated heterocycles. The standard InChI is InChI=1S/C14H9Cl2FN2/c15-10-3-6-13-12(7-10)18-14(16)19(13)8-9-1-4-11(17)5-2-9/h1-7H,8H2. The number of rotatable bonds is 2. The van der Waals surface area contributed by atoms with Gasteiger partial charge in [0, 0.05) is 5.02 Å². The van der Waals surface area contributed by atoms with Gasteiger partial charge in [-0.25, -0.2) is 9.37 Å². The van der Waals surface area contributed by atoms with Gasteiger partial charge >= 0.3 is 0 Å². The van der Waals surface area contributed by atoms with Gasteiger partial charge in [0.05, 0.1) is 17.6 Å². The first-order chi connectivity index (χ1) is 9.13. The third-order valence-electron chi connectivity index (χ3n) is 2.92. The van der Waals surface area contributed by atoms with Crippen molar-refractivity contribution >= 4 is 34.2 Å². The highest BCUT2D eigenvalue weighted by Crippen LogP contribution is 2.24. The molecule has 5 heteroatoms. The minimum absolute atomic E-state index is 0.253. The van der Waals surface area contributed by atoms with E-state index in [2.05, 4.69) is 4.98 Å². The van der Waals surface area contributed by atoms with Gasteiger partial charge in [0.1, 0.15) is 5.82 Å². The van der Waals surface area contributed by atoms with Crippen molar-refractivity contribution in [2.24, 2.45) is 0 Å². The summed E-state index contributed by atoms with van der Waals surface area (Å²) in [6.07, 6.45) is 0. The van der Waals surface area contributed by atoms with Crippen molar-refractivity contribution in [3.63, 3.8) is 0 Å². The van der Waals surface area contributed by atoms with Gasteiger partial charge in [-0.15, -0.1) is 0 Å². The summed E-state index contributed by atoms with van der Waals surface area (Å²) in [5.41, 5.74) is 2.61. The Hall–Kier alpha value is -1.58. The Kier molecular flexibility index (Phi) is 3.17. The Bertz CT molecular complexity index is 735. The lowest BCUT2D eigenvalue weighted by Gasteiger charge is -2.06. The van der Waals surface area contributed by atoms with E-state index < -0.39 is 0 Å². The largest absolute Gasteiger partial charge is 0.310 e. The quantitative estimate of drug-likeness (QED) is 0.679. The molecular formula is C14H9Cl2FN2. The first-order valence-electron chi connectivity index (χ1n) is 5.69. The van der Waals surface area contributed by atoms with E-state index in [1.807, 2.05) is 10.6 Å². The van der Waals surface area contributed by atoms with Crippen molar-refractivity contribution in [2.45, 2.75) is 6.54 Å². The second-order valence-electron chi connectivity index (χ2n) is 4.23. The first-order valence-corrected chi connectivity index (χ1v) is 6.45. The number of imidazole rings is 1. The molecule has 1 aromatic heterocycles. The maximum atomic E-state index is 12.9. The van der Waals surface area contributed by atoms with Crippen molar-refractivity contribution in [3.05, 3.63) is 64.2 Å². The highest BCUT2D eigenvalue weighted by Gasteiger charge is 2.09. The highest BCUT2D eigenvalue weighted by atomic mass is 35.5. The molecule has 0 spiro atoms. The van der Waals surface area contributed by atoms with Crippen LogP contribution in [-0.2, 0) is 6.54 Å². The molecule has 0 amide bonds. The fourth-order valence-corrected chi connectivity index (χ4v) is 2.40. The van der Waals surface area contributed by atoms with Gasteiger partial charge in [-0.3, -0.25) is 0 Å². The zero-order valence-electron chi connectivity index (χ0n) is 9.78. The van der Waals surface area contributed by atoms with Crippen LogP contribution in [0.4, 0.5) is 4.39 Å². The summed E-state index contributed by atoms with van der Waals surface area (Å²) in [7, 11) is 0. The minimum atomic E-state index is -0.253. The summed E-state index contributed by atoms with van der Waals surface area (Å²) in [5.74, 6) is -0.253. The molecule has 0 atom stereocenters. The maximum Gasteiger partial charge on any atom is 0.204 e. The molecule has 0 aliphatic rings. The van der Waals surface area contributed by atoms with Crippen molar-refractivity contribution in [2.75, 3.05) is 0 Å². The van der Waals surface area contributed by atoms with E-state index >= 15 is 0 Å². The third-order valence-corrected chi connectivity index (χ3v) is 3.44. The molecule has 0 N–H and O–H groups in total. The topological polar surface area (TPSA) is 17.8 Å². The fourth-order valence-electron chi connectivity index (χ4n) is 2.00. The smallest absolute Gasteiger partial charge is 0.204 e. The lowest BCUT2D eigenvalue weighted by Crippen LogP contribution is -1.99. The van der Waals surface area contributed by atoms with Crippen LogP contribution in [0.2, 0.25) is 10.3 Å². The summed E-state index contributed by atoms with van der Waals surface area (Å²) < 4.78 is 14.7. The van der Waals surface area contributed by atoms with Crippen LogP contribution in [-0.4, -0.2) is 9.55 Å². The Morgan fingerprint density at radius 1 is 1.05 bits per heavy atom. The summed E-state index contributed by atoms with van der Waals surface area (Å²) >= 11 is 12.1.